The summed E-state index contributed by atoms with van der Waals surface area (Å²) in [6.45, 7) is 15.7. The van der Waals surface area contributed by atoms with Gasteiger partial charge >= 0.3 is 0 Å². The Morgan fingerprint density at radius 2 is 1.74 bits per heavy atom. The third kappa shape index (κ3) is 5.86. The summed E-state index contributed by atoms with van der Waals surface area (Å²) in [6, 6.07) is 0. The molecule has 0 heterocycles. The first kappa shape index (κ1) is 16.4. The maximum Gasteiger partial charge on any atom is 0.272 e. The molecule has 0 aromatic carbocycles. The summed E-state index contributed by atoms with van der Waals surface area (Å²) < 4.78 is 18.0. The number of rotatable bonds is 6. The van der Waals surface area contributed by atoms with Crippen LogP contribution < -0.4 is 0 Å². The molecule has 0 radical (unpaired) electrons. The average molecular weight is 301 g/mol. The third-order valence-corrected chi connectivity index (χ3v) is 3.99. The predicted octanol–water partition coefficient (Wildman–Crippen LogP) is 4.62. The second kappa shape index (κ2) is 6.18. The van der Waals surface area contributed by atoms with Crippen LogP contribution in [0.3, 0.4) is 0 Å². The Morgan fingerprint density at radius 3 is 2.21 bits per heavy atom. The average Bonchev–Trinajstić information content (AvgIpc) is 2.60. The standard InChI is InChI=1S/C14H28O3Si2/c1-8-15-14(17-19(5,6)7)12-10-9-11-13(12)16-18(2,3)4/h11H,8-10H2,1-7H3. The Balaban J connectivity index is 2.98. The van der Waals surface area contributed by atoms with Gasteiger partial charge in [0.25, 0.3) is 5.95 Å². The minimum atomic E-state index is -1.67. The van der Waals surface area contributed by atoms with E-state index in [1.807, 2.05) is 6.92 Å². The van der Waals surface area contributed by atoms with Crippen LogP contribution in [0.5, 0.6) is 0 Å². The first-order valence-corrected chi connectivity index (χ1v) is 13.9. The van der Waals surface area contributed by atoms with Crippen molar-refractivity contribution < 1.29 is 13.6 Å². The van der Waals surface area contributed by atoms with Crippen LogP contribution in [0.1, 0.15) is 19.8 Å². The Labute approximate surface area is 119 Å². The van der Waals surface area contributed by atoms with E-state index in [2.05, 4.69) is 45.4 Å². The molecule has 0 spiro atoms. The van der Waals surface area contributed by atoms with Crippen LogP contribution in [-0.2, 0) is 13.6 Å². The monoisotopic (exact) mass is 300 g/mol. The molecule has 0 N–H and O–H groups in total. The quantitative estimate of drug-likeness (QED) is 0.529. The van der Waals surface area contributed by atoms with E-state index in [9.17, 15) is 0 Å². The van der Waals surface area contributed by atoms with Gasteiger partial charge in [0.15, 0.2) is 0 Å². The summed E-state index contributed by atoms with van der Waals surface area (Å²) >= 11 is 0. The summed E-state index contributed by atoms with van der Waals surface area (Å²) in [7, 11) is -3.26. The maximum atomic E-state index is 6.15. The third-order valence-electron chi connectivity index (χ3n) is 2.36. The van der Waals surface area contributed by atoms with Crippen molar-refractivity contribution in [2.24, 2.45) is 0 Å². The molecule has 0 unspecified atom stereocenters. The predicted molar refractivity (Wildman–Crippen MR) is 84.8 cm³/mol. The van der Waals surface area contributed by atoms with Gasteiger partial charge in [0.1, 0.15) is 5.76 Å². The van der Waals surface area contributed by atoms with E-state index >= 15 is 0 Å². The van der Waals surface area contributed by atoms with Gasteiger partial charge in [-0.3, -0.25) is 0 Å². The van der Waals surface area contributed by atoms with E-state index in [4.69, 9.17) is 13.6 Å². The molecular formula is C14H28O3Si2. The van der Waals surface area contributed by atoms with Crippen LogP contribution in [0.4, 0.5) is 0 Å². The van der Waals surface area contributed by atoms with Gasteiger partial charge < -0.3 is 13.6 Å². The second-order valence-corrected chi connectivity index (χ2v) is 15.6. The lowest BCUT2D eigenvalue weighted by atomic mass is 10.2. The highest BCUT2D eigenvalue weighted by molar-refractivity contribution is 6.70. The van der Waals surface area contributed by atoms with Crippen molar-refractivity contribution in [1.82, 2.24) is 0 Å². The SMILES string of the molecule is CCOC(O[Si](C)(C)C)=C1CCC=C1O[Si](C)(C)C. The molecule has 0 saturated carbocycles. The van der Waals surface area contributed by atoms with E-state index in [0.29, 0.717) is 12.6 Å². The van der Waals surface area contributed by atoms with Crippen molar-refractivity contribution in [3.8, 4) is 0 Å². The first-order valence-electron chi connectivity index (χ1n) is 7.07. The van der Waals surface area contributed by atoms with E-state index < -0.39 is 16.6 Å². The smallest absolute Gasteiger partial charge is 0.272 e. The van der Waals surface area contributed by atoms with Crippen molar-refractivity contribution in [2.45, 2.75) is 59.0 Å². The highest BCUT2D eigenvalue weighted by Crippen LogP contribution is 2.33. The summed E-state index contributed by atoms with van der Waals surface area (Å²) in [5.41, 5.74) is 1.12. The van der Waals surface area contributed by atoms with Crippen LogP contribution in [0.15, 0.2) is 23.4 Å². The maximum absolute atomic E-state index is 6.15. The fourth-order valence-corrected chi connectivity index (χ4v) is 3.42. The lowest BCUT2D eigenvalue weighted by Crippen LogP contribution is -2.28. The fraction of sp³-hybridized carbons (Fsp3) is 0.714. The van der Waals surface area contributed by atoms with Crippen molar-refractivity contribution >= 4 is 16.6 Å². The summed E-state index contributed by atoms with van der Waals surface area (Å²) in [5, 5.41) is 0. The fourth-order valence-electron chi connectivity index (χ4n) is 1.82. The highest BCUT2D eigenvalue weighted by atomic mass is 28.4. The molecule has 1 rings (SSSR count). The lowest BCUT2D eigenvalue weighted by Gasteiger charge is -2.26. The van der Waals surface area contributed by atoms with Crippen molar-refractivity contribution in [3.05, 3.63) is 23.4 Å². The van der Waals surface area contributed by atoms with Crippen LogP contribution in [0.25, 0.3) is 0 Å². The zero-order valence-corrected chi connectivity index (χ0v) is 15.4. The molecule has 3 nitrogen and oxygen atoms in total. The highest BCUT2D eigenvalue weighted by Gasteiger charge is 2.28. The Hall–Kier alpha value is -0.686. The summed E-state index contributed by atoms with van der Waals surface area (Å²) in [4.78, 5) is 0. The molecule has 1 aliphatic carbocycles. The van der Waals surface area contributed by atoms with Gasteiger partial charge in [0.05, 0.1) is 12.2 Å². The largest absolute Gasteiger partial charge is 0.544 e. The van der Waals surface area contributed by atoms with E-state index in [0.717, 1.165) is 24.2 Å². The molecule has 0 fully saturated rings. The minimum absolute atomic E-state index is 0.629. The number of allylic oxidation sites excluding steroid dienone is 2. The molecule has 0 saturated heterocycles. The molecule has 19 heavy (non-hydrogen) atoms. The number of hydrogen-bond donors (Lipinski definition) is 0. The number of ether oxygens (including phenoxy) is 1. The summed E-state index contributed by atoms with van der Waals surface area (Å²) in [6.07, 6.45) is 4.14. The van der Waals surface area contributed by atoms with E-state index in [1.165, 1.54) is 0 Å². The first-order chi connectivity index (χ1) is 8.62. The molecular weight excluding hydrogens is 272 g/mol. The Morgan fingerprint density at radius 1 is 1.11 bits per heavy atom. The molecule has 1 aliphatic rings. The van der Waals surface area contributed by atoms with Gasteiger partial charge in [-0.25, -0.2) is 0 Å². The molecule has 0 amide bonds. The second-order valence-electron chi connectivity index (χ2n) is 6.73. The number of hydrogen-bond acceptors (Lipinski definition) is 3. The molecule has 110 valence electrons. The molecule has 0 aromatic heterocycles. The molecule has 0 bridgehead atoms. The molecule has 0 atom stereocenters. The topological polar surface area (TPSA) is 27.7 Å². The van der Waals surface area contributed by atoms with Gasteiger partial charge in [-0.05, 0) is 65.1 Å². The zero-order chi connectivity index (χ0) is 14.7. The minimum Gasteiger partial charge on any atom is -0.544 e. The Kier molecular flexibility index (Phi) is 5.32. The van der Waals surface area contributed by atoms with Crippen molar-refractivity contribution in [1.29, 1.82) is 0 Å². The molecule has 0 aromatic rings. The van der Waals surface area contributed by atoms with Crippen molar-refractivity contribution in [3.63, 3.8) is 0 Å². The molecule has 5 heteroatoms. The zero-order valence-electron chi connectivity index (χ0n) is 13.4. The van der Waals surface area contributed by atoms with Crippen LogP contribution in [0, 0.1) is 0 Å². The Bertz CT molecular complexity index is 373. The summed E-state index contributed by atoms with van der Waals surface area (Å²) in [5.74, 6) is 1.68. The molecule has 0 aliphatic heterocycles. The van der Waals surface area contributed by atoms with Gasteiger partial charge in [-0.15, -0.1) is 0 Å². The van der Waals surface area contributed by atoms with Crippen molar-refractivity contribution in [2.75, 3.05) is 6.61 Å². The van der Waals surface area contributed by atoms with Gasteiger partial charge in [0.2, 0.25) is 16.6 Å². The van der Waals surface area contributed by atoms with E-state index in [1.54, 1.807) is 0 Å². The van der Waals surface area contributed by atoms with Crippen LogP contribution in [-0.4, -0.2) is 23.2 Å². The normalized spacial score (nSPS) is 19.0. The van der Waals surface area contributed by atoms with Crippen LogP contribution >= 0.6 is 0 Å². The van der Waals surface area contributed by atoms with E-state index in [-0.39, 0.29) is 0 Å². The van der Waals surface area contributed by atoms with Crippen LogP contribution in [0.2, 0.25) is 39.3 Å². The van der Waals surface area contributed by atoms with Gasteiger partial charge in [-0.1, -0.05) is 0 Å². The van der Waals surface area contributed by atoms with Gasteiger partial charge in [0, 0.05) is 0 Å². The lowest BCUT2D eigenvalue weighted by molar-refractivity contribution is 0.106. The van der Waals surface area contributed by atoms with Gasteiger partial charge in [-0.2, -0.15) is 0 Å².